The summed E-state index contributed by atoms with van der Waals surface area (Å²) in [5.41, 5.74) is 3.32. The minimum absolute atomic E-state index is 0.0357. The van der Waals surface area contributed by atoms with Gasteiger partial charge in [-0.25, -0.2) is 0 Å². The zero-order chi connectivity index (χ0) is 18.7. The van der Waals surface area contributed by atoms with Crippen molar-refractivity contribution < 1.29 is 19.3 Å². The highest BCUT2D eigenvalue weighted by Gasteiger charge is 2.44. The van der Waals surface area contributed by atoms with Crippen LogP contribution in [0.1, 0.15) is 38.7 Å². The summed E-state index contributed by atoms with van der Waals surface area (Å²) in [4.78, 5) is 0. The summed E-state index contributed by atoms with van der Waals surface area (Å²) >= 11 is 0. The van der Waals surface area contributed by atoms with Gasteiger partial charge in [0.15, 0.2) is 0 Å². The van der Waals surface area contributed by atoms with E-state index in [1.54, 1.807) is 14.2 Å². The molecule has 4 heteroatoms. The summed E-state index contributed by atoms with van der Waals surface area (Å²) in [6.07, 6.45) is 4.25. The first-order valence-electron chi connectivity index (χ1n) is 9.34. The molecule has 1 aromatic carbocycles. The van der Waals surface area contributed by atoms with E-state index in [0.29, 0.717) is 13.0 Å². The Morgan fingerprint density at radius 3 is 2.42 bits per heavy atom. The topological polar surface area (TPSA) is 47.9 Å². The lowest BCUT2D eigenvalue weighted by Crippen LogP contribution is -2.48. The molecule has 0 saturated heterocycles. The number of hydrogen-bond acceptors (Lipinski definition) is 4. The van der Waals surface area contributed by atoms with Gasteiger partial charge in [-0.15, -0.1) is 0 Å². The standard InChI is InChI=1S/C22H30O4/c1-15-12-18-19(21(25-4)11-10-20(18)24-3)13-22(15,23)16(2)26-14-17-8-6-5-7-9-17/h5-9,12,16,20-21,23H,10-11,13-14H2,1-4H3. The van der Waals surface area contributed by atoms with Crippen LogP contribution in [0.3, 0.4) is 0 Å². The fraction of sp³-hybridized carbons (Fsp3) is 0.545. The van der Waals surface area contributed by atoms with Crippen molar-refractivity contribution in [3.8, 4) is 0 Å². The first-order valence-corrected chi connectivity index (χ1v) is 9.34. The van der Waals surface area contributed by atoms with Gasteiger partial charge in [-0.05, 0) is 49.0 Å². The lowest BCUT2D eigenvalue weighted by atomic mass is 9.71. The maximum atomic E-state index is 11.5. The van der Waals surface area contributed by atoms with Crippen LogP contribution in [0.15, 0.2) is 53.1 Å². The molecule has 2 aliphatic carbocycles. The highest BCUT2D eigenvalue weighted by Crippen LogP contribution is 2.43. The van der Waals surface area contributed by atoms with Crippen LogP contribution in [0, 0.1) is 0 Å². The fourth-order valence-corrected chi connectivity index (χ4v) is 4.12. The van der Waals surface area contributed by atoms with Gasteiger partial charge in [0.2, 0.25) is 0 Å². The predicted octanol–water partition coefficient (Wildman–Crippen LogP) is 3.79. The van der Waals surface area contributed by atoms with Gasteiger partial charge in [0, 0.05) is 20.6 Å². The molecule has 0 aromatic heterocycles. The van der Waals surface area contributed by atoms with Crippen molar-refractivity contribution in [2.45, 2.75) is 63.6 Å². The summed E-state index contributed by atoms with van der Waals surface area (Å²) in [5, 5.41) is 11.5. The van der Waals surface area contributed by atoms with Gasteiger partial charge in [0.25, 0.3) is 0 Å². The molecule has 0 radical (unpaired) electrons. The molecule has 0 amide bonds. The quantitative estimate of drug-likeness (QED) is 0.840. The normalized spacial score (nSPS) is 30.0. The monoisotopic (exact) mass is 358 g/mol. The Morgan fingerprint density at radius 2 is 1.77 bits per heavy atom. The molecule has 2 aliphatic rings. The van der Waals surface area contributed by atoms with Crippen LogP contribution in [0.4, 0.5) is 0 Å². The molecule has 0 heterocycles. The van der Waals surface area contributed by atoms with Crippen LogP contribution in [-0.4, -0.2) is 43.2 Å². The van der Waals surface area contributed by atoms with E-state index in [0.717, 1.165) is 29.6 Å². The second-order valence-corrected chi connectivity index (χ2v) is 7.37. The summed E-state index contributed by atoms with van der Waals surface area (Å²) in [7, 11) is 3.49. The minimum atomic E-state index is -1.03. The third kappa shape index (κ3) is 3.65. The highest BCUT2D eigenvalue weighted by molar-refractivity contribution is 5.45. The van der Waals surface area contributed by atoms with E-state index in [1.807, 2.05) is 44.2 Å². The lowest BCUT2D eigenvalue weighted by molar-refractivity contribution is -0.0891. The molecule has 4 unspecified atom stereocenters. The fourth-order valence-electron chi connectivity index (χ4n) is 4.12. The highest BCUT2D eigenvalue weighted by atomic mass is 16.5. The molecule has 1 N–H and O–H groups in total. The maximum Gasteiger partial charge on any atom is 0.115 e. The molecule has 26 heavy (non-hydrogen) atoms. The molecular weight excluding hydrogens is 328 g/mol. The van der Waals surface area contributed by atoms with Crippen molar-refractivity contribution in [3.05, 3.63) is 58.7 Å². The Morgan fingerprint density at radius 1 is 1.12 bits per heavy atom. The predicted molar refractivity (Wildman–Crippen MR) is 102 cm³/mol. The van der Waals surface area contributed by atoms with E-state index in [-0.39, 0.29) is 18.3 Å². The SMILES string of the molecule is COC1CCC(OC)C2=C1C=C(C)C(O)(C(C)OCc1ccccc1)C2. The van der Waals surface area contributed by atoms with Crippen LogP contribution in [-0.2, 0) is 20.8 Å². The van der Waals surface area contributed by atoms with E-state index < -0.39 is 5.60 Å². The van der Waals surface area contributed by atoms with E-state index >= 15 is 0 Å². The molecule has 0 fully saturated rings. The number of rotatable bonds is 6. The molecule has 4 nitrogen and oxygen atoms in total. The zero-order valence-electron chi connectivity index (χ0n) is 16.2. The van der Waals surface area contributed by atoms with Crippen LogP contribution in [0.25, 0.3) is 0 Å². The Bertz CT molecular complexity index is 679. The number of benzene rings is 1. The number of methoxy groups -OCH3 is 2. The Hall–Kier alpha value is -1.46. The second kappa shape index (κ2) is 8.05. The summed E-state index contributed by atoms with van der Waals surface area (Å²) in [6.45, 7) is 4.41. The molecule has 1 aromatic rings. The van der Waals surface area contributed by atoms with E-state index in [4.69, 9.17) is 14.2 Å². The molecular formula is C22H30O4. The molecule has 0 bridgehead atoms. The summed E-state index contributed by atoms with van der Waals surface area (Å²) in [6, 6.07) is 10.1. The van der Waals surface area contributed by atoms with E-state index in [1.165, 1.54) is 5.57 Å². The Kier molecular flexibility index (Phi) is 5.98. The van der Waals surface area contributed by atoms with Crippen molar-refractivity contribution in [1.82, 2.24) is 0 Å². The van der Waals surface area contributed by atoms with Crippen molar-refractivity contribution >= 4 is 0 Å². The van der Waals surface area contributed by atoms with Gasteiger partial charge in [0.05, 0.1) is 24.9 Å². The molecule has 0 spiro atoms. The van der Waals surface area contributed by atoms with Gasteiger partial charge in [-0.1, -0.05) is 36.4 Å². The van der Waals surface area contributed by atoms with E-state index in [2.05, 4.69) is 6.08 Å². The summed E-state index contributed by atoms with van der Waals surface area (Å²) in [5.74, 6) is 0. The van der Waals surface area contributed by atoms with Gasteiger partial charge < -0.3 is 19.3 Å². The first kappa shape index (κ1) is 19.3. The van der Waals surface area contributed by atoms with Crippen LogP contribution >= 0.6 is 0 Å². The number of hydrogen-bond donors (Lipinski definition) is 1. The smallest absolute Gasteiger partial charge is 0.115 e. The maximum absolute atomic E-state index is 11.5. The molecule has 3 rings (SSSR count). The summed E-state index contributed by atoms with van der Waals surface area (Å²) < 4.78 is 17.4. The minimum Gasteiger partial charge on any atom is -0.382 e. The van der Waals surface area contributed by atoms with Crippen LogP contribution in [0.5, 0.6) is 0 Å². The molecule has 0 saturated carbocycles. The molecule has 142 valence electrons. The van der Waals surface area contributed by atoms with Gasteiger partial charge in [0.1, 0.15) is 5.60 Å². The van der Waals surface area contributed by atoms with Crippen molar-refractivity contribution in [2.75, 3.05) is 14.2 Å². The zero-order valence-corrected chi connectivity index (χ0v) is 16.2. The van der Waals surface area contributed by atoms with Crippen molar-refractivity contribution in [3.63, 3.8) is 0 Å². The average molecular weight is 358 g/mol. The van der Waals surface area contributed by atoms with Gasteiger partial charge in [-0.2, -0.15) is 0 Å². The number of aliphatic hydroxyl groups is 1. The Balaban J connectivity index is 1.80. The average Bonchev–Trinajstić information content (AvgIpc) is 2.67. The van der Waals surface area contributed by atoms with E-state index in [9.17, 15) is 5.11 Å². The Labute approximate surface area is 156 Å². The van der Waals surface area contributed by atoms with Gasteiger partial charge >= 0.3 is 0 Å². The first-order chi connectivity index (χ1) is 12.5. The van der Waals surface area contributed by atoms with Crippen LogP contribution < -0.4 is 0 Å². The van der Waals surface area contributed by atoms with Crippen molar-refractivity contribution in [1.29, 1.82) is 0 Å². The second-order valence-electron chi connectivity index (χ2n) is 7.37. The van der Waals surface area contributed by atoms with Crippen LogP contribution in [0.2, 0.25) is 0 Å². The lowest BCUT2D eigenvalue weighted by Gasteiger charge is -2.43. The third-order valence-electron chi connectivity index (χ3n) is 5.90. The third-order valence-corrected chi connectivity index (χ3v) is 5.90. The largest absolute Gasteiger partial charge is 0.382 e. The van der Waals surface area contributed by atoms with Gasteiger partial charge in [-0.3, -0.25) is 0 Å². The molecule has 0 aliphatic heterocycles. The van der Waals surface area contributed by atoms with Crippen molar-refractivity contribution in [2.24, 2.45) is 0 Å². The molecule has 4 atom stereocenters. The number of ether oxygens (including phenoxy) is 3.